The first kappa shape index (κ1) is 14.2. The predicted molar refractivity (Wildman–Crippen MR) is 79.6 cm³/mol. The van der Waals surface area contributed by atoms with Gasteiger partial charge in [0.25, 0.3) is 0 Å². The van der Waals surface area contributed by atoms with Crippen LogP contribution in [-0.2, 0) is 6.42 Å². The lowest BCUT2D eigenvalue weighted by Gasteiger charge is -2.25. The monoisotopic (exact) mass is 285 g/mol. The van der Waals surface area contributed by atoms with Gasteiger partial charge in [-0.15, -0.1) is 0 Å². The molecule has 0 amide bonds. The standard InChI is InChI=1S/C15H21Cl2N/c1-3-9-18-11(2)15(7-8-15)10-12-5-4-6-13(16)14(12)17/h4-6,11,18H,3,7-10H2,1-2H3. The third-order valence-electron chi connectivity index (χ3n) is 4.09. The molecule has 1 aromatic rings. The SMILES string of the molecule is CCCNC(C)C1(Cc2cccc(Cl)c2Cl)CC1. The van der Waals surface area contributed by atoms with Gasteiger partial charge in [0, 0.05) is 6.04 Å². The minimum absolute atomic E-state index is 0.392. The molecule has 1 fully saturated rings. The molecule has 1 aromatic carbocycles. The molecule has 0 bridgehead atoms. The number of hydrogen-bond donors (Lipinski definition) is 1. The highest BCUT2D eigenvalue weighted by Crippen LogP contribution is 2.52. The van der Waals surface area contributed by atoms with Crippen LogP contribution in [0.4, 0.5) is 0 Å². The van der Waals surface area contributed by atoms with E-state index in [1.807, 2.05) is 12.1 Å². The van der Waals surface area contributed by atoms with E-state index in [0.29, 0.717) is 16.5 Å². The minimum Gasteiger partial charge on any atom is -0.314 e. The molecule has 1 aliphatic carbocycles. The van der Waals surface area contributed by atoms with Crippen LogP contribution in [-0.4, -0.2) is 12.6 Å². The third-order valence-corrected chi connectivity index (χ3v) is 4.94. The maximum Gasteiger partial charge on any atom is 0.0624 e. The van der Waals surface area contributed by atoms with E-state index in [9.17, 15) is 0 Å². The molecule has 1 aliphatic rings. The Balaban J connectivity index is 2.06. The van der Waals surface area contributed by atoms with Crippen molar-refractivity contribution in [2.75, 3.05) is 6.54 Å². The van der Waals surface area contributed by atoms with E-state index in [1.54, 1.807) is 0 Å². The molecule has 0 heterocycles. The topological polar surface area (TPSA) is 12.0 Å². The van der Waals surface area contributed by atoms with Gasteiger partial charge in [-0.25, -0.2) is 0 Å². The van der Waals surface area contributed by atoms with Crippen molar-refractivity contribution in [3.8, 4) is 0 Å². The predicted octanol–water partition coefficient (Wildman–Crippen LogP) is 4.70. The van der Waals surface area contributed by atoms with Gasteiger partial charge >= 0.3 is 0 Å². The summed E-state index contributed by atoms with van der Waals surface area (Å²) in [6.07, 6.45) is 4.78. The Hall–Kier alpha value is -0.240. The fraction of sp³-hybridized carbons (Fsp3) is 0.600. The van der Waals surface area contributed by atoms with E-state index in [-0.39, 0.29) is 0 Å². The lowest BCUT2D eigenvalue weighted by atomic mass is 9.89. The summed E-state index contributed by atoms with van der Waals surface area (Å²) in [4.78, 5) is 0. The van der Waals surface area contributed by atoms with Crippen molar-refractivity contribution in [2.45, 2.75) is 45.6 Å². The van der Waals surface area contributed by atoms with Crippen molar-refractivity contribution in [1.29, 1.82) is 0 Å². The third kappa shape index (κ3) is 3.01. The van der Waals surface area contributed by atoms with Crippen molar-refractivity contribution < 1.29 is 0 Å². The molecule has 0 aromatic heterocycles. The molecule has 18 heavy (non-hydrogen) atoms. The van der Waals surface area contributed by atoms with Gasteiger partial charge in [-0.05, 0) is 56.2 Å². The van der Waals surface area contributed by atoms with Crippen LogP contribution in [0.3, 0.4) is 0 Å². The van der Waals surface area contributed by atoms with Gasteiger partial charge in [-0.3, -0.25) is 0 Å². The normalized spacial score (nSPS) is 18.7. The molecule has 2 rings (SSSR count). The van der Waals surface area contributed by atoms with Crippen LogP contribution in [0.1, 0.15) is 38.7 Å². The van der Waals surface area contributed by atoms with Crippen molar-refractivity contribution in [2.24, 2.45) is 5.41 Å². The first-order valence-electron chi connectivity index (χ1n) is 6.75. The summed E-state index contributed by atoms with van der Waals surface area (Å²) in [5.41, 5.74) is 1.58. The molecule has 0 radical (unpaired) electrons. The van der Waals surface area contributed by atoms with Gasteiger partial charge in [0.1, 0.15) is 0 Å². The number of benzene rings is 1. The van der Waals surface area contributed by atoms with Crippen LogP contribution in [0.2, 0.25) is 10.0 Å². The molecule has 1 unspecified atom stereocenters. The Bertz CT molecular complexity index is 413. The zero-order chi connectivity index (χ0) is 13.2. The average molecular weight is 286 g/mol. The summed E-state index contributed by atoms with van der Waals surface area (Å²) in [5.74, 6) is 0. The highest BCUT2D eigenvalue weighted by atomic mass is 35.5. The molecular formula is C15H21Cl2N. The highest BCUT2D eigenvalue weighted by molar-refractivity contribution is 6.42. The van der Waals surface area contributed by atoms with E-state index in [0.717, 1.165) is 18.0 Å². The summed E-state index contributed by atoms with van der Waals surface area (Å²) in [5, 5.41) is 5.01. The number of hydrogen-bond acceptors (Lipinski definition) is 1. The van der Waals surface area contributed by atoms with Gasteiger partial charge < -0.3 is 5.32 Å². The first-order valence-corrected chi connectivity index (χ1v) is 7.51. The fourth-order valence-corrected chi connectivity index (χ4v) is 2.95. The van der Waals surface area contributed by atoms with Gasteiger partial charge in [0.15, 0.2) is 0 Å². The second-order valence-corrected chi connectivity index (χ2v) is 6.21. The maximum atomic E-state index is 6.28. The van der Waals surface area contributed by atoms with Crippen molar-refractivity contribution in [1.82, 2.24) is 5.32 Å². The van der Waals surface area contributed by atoms with Crippen LogP contribution in [0.15, 0.2) is 18.2 Å². The molecule has 1 nitrogen and oxygen atoms in total. The van der Waals surface area contributed by atoms with Gasteiger partial charge in [0.2, 0.25) is 0 Å². The molecule has 0 aliphatic heterocycles. The number of rotatable bonds is 6. The first-order chi connectivity index (χ1) is 8.59. The quantitative estimate of drug-likeness (QED) is 0.799. The molecule has 0 saturated heterocycles. The molecular weight excluding hydrogens is 265 g/mol. The van der Waals surface area contributed by atoms with Crippen LogP contribution in [0.5, 0.6) is 0 Å². The van der Waals surface area contributed by atoms with Crippen LogP contribution in [0, 0.1) is 5.41 Å². The smallest absolute Gasteiger partial charge is 0.0624 e. The average Bonchev–Trinajstić information content (AvgIpc) is 3.13. The van der Waals surface area contributed by atoms with Gasteiger partial charge in [-0.1, -0.05) is 42.3 Å². The van der Waals surface area contributed by atoms with Crippen LogP contribution in [0.25, 0.3) is 0 Å². The van der Waals surface area contributed by atoms with Gasteiger partial charge in [-0.2, -0.15) is 0 Å². The lowest BCUT2D eigenvalue weighted by Crippen LogP contribution is -2.36. The molecule has 100 valence electrons. The molecule has 3 heteroatoms. The highest BCUT2D eigenvalue weighted by Gasteiger charge is 2.47. The molecule has 1 atom stereocenters. The summed E-state index contributed by atoms with van der Waals surface area (Å²) < 4.78 is 0. The second-order valence-electron chi connectivity index (χ2n) is 5.43. The molecule has 0 spiro atoms. The Morgan fingerprint density at radius 1 is 1.33 bits per heavy atom. The van der Waals surface area contributed by atoms with E-state index < -0.39 is 0 Å². The van der Waals surface area contributed by atoms with E-state index in [2.05, 4.69) is 25.2 Å². The number of halogens is 2. The second kappa shape index (κ2) is 5.81. The molecule has 1 saturated carbocycles. The largest absolute Gasteiger partial charge is 0.314 e. The van der Waals surface area contributed by atoms with Gasteiger partial charge in [0.05, 0.1) is 10.0 Å². The van der Waals surface area contributed by atoms with Crippen LogP contribution < -0.4 is 5.32 Å². The Morgan fingerprint density at radius 2 is 2.06 bits per heavy atom. The summed E-state index contributed by atoms with van der Waals surface area (Å²) in [6, 6.07) is 6.49. The fourth-order valence-electron chi connectivity index (χ4n) is 2.57. The van der Waals surface area contributed by atoms with Crippen molar-refractivity contribution in [3.05, 3.63) is 33.8 Å². The van der Waals surface area contributed by atoms with Crippen molar-refractivity contribution in [3.63, 3.8) is 0 Å². The maximum absolute atomic E-state index is 6.28. The molecule has 1 N–H and O–H groups in total. The van der Waals surface area contributed by atoms with Crippen LogP contribution >= 0.6 is 23.2 Å². The summed E-state index contributed by atoms with van der Waals surface area (Å²) in [7, 11) is 0. The van der Waals surface area contributed by atoms with E-state index >= 15 is 0 Å². The van der Waals surface area contributed by atoms with E-state index in [1.165, 1.54) is 24.8 Å². The Labute approximate surface area is 120 Å². The summed E-state index contributed by atoms with van der Waals surface area (Å²) in [6.45, 7) is 5.58. The van der Waals surface area contributed by atoms with E-state index in [4.69, 9.17) is 23.2 Å². The zero-order valence-corrected chi connectivity index (χ0v) is 12.6. The Kier molecular flexibility index (Phi) is 4.58. The zero-order valence-electron chi connectivity index (χ0n) is 11.1. The lowest BCUT2D eigenvalue weighted by molar-refractivity contribution is 0.350. The summed E-state index contributed by atoms with van der Waals surface area (Å²) >= 11 is 12.4. The Morgan fingerprint density at radius 3 is 2.67 bits per heavy atom. The minimum atomic E-state index is 0.392. The number of nitrogens with one attached hydrogen (secondary N) is 1. The van der Waals surface area contributed by atoms with Crippen molar-refractivity contribution >= 4 is 23.2 Å².